The molecule has 0 unspecified atom stereocenters. The summed E-state index contributed by atoms with van der Waals surface area (Å²) in [5.74, 6) is 0. The third-order valence-electron chi connectivity index (χ3n) is 1.53. The van der Waals surface area contributed by atoms with Gasteiger partial charge in [0.25, 0.3) is 0 Å². The molecule has 0 atom stereocenters. The van der Waals surface area contributed by atoms with Crippen molar-refractivity contribution in [3.05, 3.63) is 23.3 Å². The predicted molar refractivity (Wildman–Crippen MR) is 46.9 cm³/mol. The lowest BCUT2D eigenvalue weighted by atomic mass is 10.2. The molecular weight excluding hydrogens is 122 g/mol. The van der Waals surface area contributed by atoms with Crippen LogP contribution in [-0.2, 0) is 0 Å². The van der Waals surface area contributed by atoms with Gasteiger partial charge in [0.2, 0.25) is 0 Å². The molecule has 0 aliphatic rings. The van der Waals surface area contributed by atoms with Crippen molar-refractivity contribution in [1.82, 2.24) is 0 Å². The van der Waals surface area contributed by atoms with E-state index in [0.717, 1.165) is 6.42 Å². The number of allylic oxidation sites excluding steroid dienone is 3. The number of hydrogen-bond donors (Lipinski definition) is 1. The van der Waals surface area contributed by atoms with Crippen molar-refractivity contribution in [3.8, 4) is 0 Å². The molecule has 0 saturated carbocycles. The standard InChI is InChI=1S/C9H17N/c1-4-8(2)5-6-9(3)7-10/h5-6H,4,7,10H2,1-3H3/b8-5-,9-6+. The zero-order chi connectivity index (χ0) is 7.98. The Morgan fingerprint density at radius 2 is 1.70 bits per heavy atom. The molecule has 1 heteroatoms. The van der Waals surface area contributed by atoms with Crippen LogP contribution in [0.15, 0.2) is 23.3 Å². The van der Waals surface area contributed by atoms with E-state index >= 15 is 0 Å². The average molecular weight is 139 g/mol. The van der Waals surface area contributed by atoms with E-state index in [-0.39, 0.29) is 0 Å². The highest BCUT2D eigenvalue weighted by Gasteiger charge is 1.81. The molecule has 58 valence electrons. The van der Waals surface area contributed by atoms with Crippen molar-refractivity contribution in [1.29, 1.82) is 0 Å². The van der Waals surface area contributed by atoms with Crippen molar-refractivity contribution in [2.75, 3.05) is 6.54 Å². The second-order valence-electron chi connectivity index (χ2n) is 2.58. The maximum absolute atomic E-state index is 5.40. The summed E-state index contributed by atoms with van der Waals surface area (Å²) in [5.41, 5.74) is 8.03. The molecule has 0 aliphatic heterocycles. The van der Waals surface area contributed by atoms with Gasteiger partial charge in [0.05, 0.1) is 0 Å². The minimum Gasteiger partial charge on any atom is -0.327 e. The van der Waals surface area contributed by atoms with Gasteiger partial charge in [-0.2, -0.15) is 0 Å². The zero-order valence-electron chi connectivity index (χ0n) is 7.15. The summed E-state index contributed by atoms with van der Waals surface area (Å²) in [4.78, 5) is 0. The first-order valence-electron chi connectivity index (χ1n) is 3.73. The summed E-state index contributed by atoms with van der Waals surface area (Å²) in [5, 5.41) is 0. The van der Waals surface area contributed by atoms with Crippen LogP contribution in [0.4, 0.5) is 0 Å². The lowest BCUT2D eigenvalue weighted by molar-refractivity contribution is 1.09. The minimum atomic E-state index is 0.660. The van der Waals surface area contributed by atoms with Gasteiger partial charge in [-0.3, -0.25) is 0 Å². The van der Waals surface area contributed by atoms with Crippen LogP contribution in [0.25, 0.3) is 0 Å². The molecule has 1 nitrogen and oxygen atoms in total. The van der Waals surface area contributed by atoms with Crippen molar-refractivity contribution in [2.45, 2.75) is 27.2 Å². The Kier molecular flexibility index (Phi) is 4.95. The fourth-order valence-corrected chi connectivity index (χ4v) is 0.470. The summed E-state index contributed by atoms with van der Waals surface area (Å²) in [6.07, 6.45) is 5.33. The van der Waals surface area contributed by atoms with E-state index in [1.165, 1.54) is 11.1 Å². The second kappa shape index (κ2) is 5.24. The van der Waals surface area contributed by atoms with Crippen molar-refractivity contribution in [2.24, 2.45) is 5.73 Å². The second-order valence-corrected chi connectivity index (χ2v) is 2.58. The Morgan fingerprint density at radius 3 is 2.10 bits per heavy atom. The van der Waals surface area contributed by atoms with Gasteiger partial charge in [-0.05, 0) is 20.3 Å². The summed E-state index contributed by atoms with van der Waals surface area (Å²) >= 11 is 0. The molecule has 0 rings (SSSR count). The fourth-order valence-electron chi connectivity index (χ4n) is 0.470. The van der Waals surface area contributed by atoms with Crippen LogP contribution in [-0.4, -0.2) is 6.54 Å². The number of rotatable bonds is 3. The van der Waals surface area contributed by atoms with Crippen LogP contribution in [0.5, 0.6) is 0 Å². The van der Waals surface area contributed by atoms with Crippen molar-refractivity contribution < 1.29 is 0 Å². The Hall–Kier alpha value is -0.560. The van der Waals surface area contributed by atoms with Crippen LogP contribution in [0, 0.1) is 0 Å². The molecule has 0 saturated heterocycles. The van der Waals surface area contributed by atoms with Gasteiger partial charge >= 0.3 is 0 Å². The van der Waals surface area contributed by atoms with Gasteiger partial charge in [-0.25, -0.2) is 0 Å². The third-order valence-corrected chi connectivity index (χ3v) is 1.53. The SMILES string of the molecule is CC/C(C)=C\C=C(/C)CN. The first kappa shape index (κ1) is 9.44. The zero-order valence-corrected chi connectivity index (χ0v) is 7.15. The Balaban J connectivity index is 3.91. The van der Waals surface area contributed by atoms with E-state index in [4.69, 9.17) is 5.73 Å². The summed E-state index contributed by atoms with van der Waals surface area (Å²) in [6.45, 7) is 6.98. The molecule has 0 amide bonds. The van der Waals surface area contributed by atoms with Crippen LogP contribution < -0.4 is 5.73 Å². The molecule has 0 aromatic heterocycles. The fraction of sp³-hybridized carbons (Fsp3) is 0.556. The minimum absolute atomic E-state index is 0.660. The van der Waals surface area contributed by atoms with Gasteiger partial charge in [0.1, 0.15) is 0 Å². The van der Waals surface area contributed by atoms with Crippen molar-refractivity contribution >= 4 is 0 Å². The predicted octanol–water partition coefficient (Wildman–Crippen LogP) is 2.25. The first-order valence-corrected chi connectivity index (χ1v) is 3.73. The van der Waals surface area contributed by atoms with Crippen LogP contribution in [0.2, 0.25) is 0 Å². The lowest BCUT2D eigenvalue weighted by Crippen LogP contribution is -1.98. The largest absolute Gasteiger partial charge is 0.327 e. The maximum Gasteiger partial charge on any atom is 0.0137 e. The Bertz CT molecular complexity index is 125. The van der Waals surface area contributed by atoms with E-state index in [1.54, 1.807) is 0 Å². The van der Waals surface area contributed by atoms with Crippen LogP contribution in [0.1, 0.15) is 27.2 Å². The van der Waals surface area contributed by atoms with Gasteiger partial charge in [-0.1, -0.05) is 30.2 Å². The summed E-state index contributed by atoms with van der Waals surface area (Å²) in [7, 11) is 0. The average Bonchev–Trinajstić information content (AvgIpc) is 1.99. The number of hydrogen-bond acceptors (Lipinski definition) is 1. The maximum atomic E-state index is 5.40. The molecule has 0 aliphatic carbocycles. The van der Waals surface area contributed by atoms with E-state index in [1.807, 2.05) is 6.92 Å². The van der Waals surface area contributed by atoms with Gasteiger partial charge < -0.3 is 5.73 Å². The molecule has 0 aromatic carbocycles. The molecule has 0 fully saturated rings. The van der Waals surface area contributed by atoms with Crippen LogP contribution in [0.3, 0.4) is 0 Å². The molecular formula is C9H17N. The molecule has 0 radical (unpaired) electrons. The molecule has 0 heterocycles. The molecule has 0 bridgehead atoms. The monoisotopic (exact) mass is 139 g/mol. The normalized spacial score (nSPS) is 14.0. The van der Waals surface area contributed by atoms with Crippen molar-refractivity contribution in [3.63, 3.8) is 0 Å². The third kappa shape index (κ3) is 4.33. The van der Waals surface area contributed by atoms with E-state index < -0.39 is 0 Å². The summed E-state index contributed by atoms with van der Waals surface area (Å²) in [6, 6.07) is 0. The van der Waals surface area contributed by atoms with E-state index in [2.05, 4.69) is 26.0 Å². The first-order chi connectivity index (χ1) is 4.70. The Labute approximate surface area is 63.6 Å². The molecule has 0 spiro atoms. The van der Waals surface area contributed by atoms with E-state index in [9.17, 15) is 0 Å². The molecule has 0 aromatic rings. The highest BCUT2D eigenvalue weighted by atomic mass is 14.5. The highest BCUT2D eigenvalue weighted by Crippen LogP contribution is 1.99. The summed E-state index contributed by atoms with van der Waals surface area (Å²) < 4.78 is 0. The smallest absolute Gasteiger partial charge is 0.0137 e. The van der Waals surface area contributed by atoms with Gasteiger partial charge in [0, 0.05) is 6.54 Å². The Morgan fingerprint density at radius 1 is 1.20 bits per heavy atom. The number of nitrogens with two attached hydrogens (primary N) is 1. The molecule has 2 N–H and O–H groups in total. The van der Waals surface area contributed by atoms with Crippen LogP contribution >= 0.6 is 0 Å². The van der Waals surface area contributed by atoms with E-state index in [0.29, 0.717) is 6.54 Å². The highest BCUT2D eigenvalue weighted by molar-refractivity contribution is 5.15. The lowest BCUT2D eigenvalue weighted by Gasteiger charge is -1.93. The topological polar surface area (TPSA) is 26.0 Å². The molecule has 10 heavy (non-hydrogen) atoms. The van der Waals surface area contributed by atoms with Gasteiger partial charge in [-0.15, -0.1) is 0 Å². The van der Waals surface area contributed by atoms with Gasteiger partial charge in [0.15, 0.2) is 0 Å². The quantitative estimate of drug-likeness (QED) is 0.596.